The lowest BCUT2D eigenvalue weighted by molar-refractivity contribution is -0.116. The molecule has 0 saturated carbocycles. The highest BCUT2D eigenvalue weighted by Crippen LogP contribution is 2.22. The molecule has 2 heterocycles. The normalized spacial score (nSPS) is 10.5. The summed E-state index contributed by atoms with van der Waals surface area (Å²) in [6.07, 6.45) is 3.77. The number of hydrogen-bond acceptors (Lipinski definition) is 6. The number of carbonyl (C=O) groups is 1. The van der Waals surface area contributed by atoms with Crippen LogP contribution in [0.5, 0.6) is 0 Å². The lowest BCUT2D eigenvalue weighted by Gasteiger charge is -2.19. The van der Waals surface area contributed by atoms with Crippen LogP contribution in [0, 0.1) is 6.92 Å². The number of hydrogen-bond donors (Lipinski definition) is 2. The van der Waals surface area contributed by atoms with Gasteiger partial charge < -0.3 is 15.3 Å². The van der Waals surface area contributed by atoms with Crippen LogP contribution in [-0.4, -0.2) is 46.2 Å². The summed E-state index contributed by atoms with van der Waals surface area (Å²) >= 11 is 0. The summed E-state index contributed by atoms with van der Waals surface area (Å²) in [5.74, 6) is 1.01. The molecule has 28 heavy (non-hydrogen) atoms. The number of anilines is 2. The molecule has 0 fully saturated rings. The van der Waals surface area contributed by atoms with Gasteiger partial charge in [0.1, 0.15) is 5.82 Å². The highest BCUT2D eigenvalue weighted by atomic mass is 16.3. The van der Waals surface area contributed by atoms with Crippen molar-refractivity contribution in [3.63, 3.8) is 0 Å². The fourth-order valence-corrected chi connectivity index (χ4v) is 2.86. The van der Waals surface area contributed by atoms with Crippen molar-refractivity contribution in [2.45, 2.75) is 13.3 Å². The van der Waals surface area contributed by atoms with E-state index in [1.807, 2.05) is 49.4 Å². The Morgan fingerprint density at radius 2 is 1.82 bits per heavy atom. The maximum absolute atomic E-state index is 12.6. The molecule has 144 valence electrons. The van der Waals surface area contributed by atoms with Gasteiger partial charge in [-0.3, -0.25) is 9.78 Å². The predicted molar refractivity (Wildman–Crippen MR) is 109 cm³/mol. The van der Waals surface area contributed by atoms with E-state index in [9.17, 15) is 9.90 Å². The maximum Gasteiger partial charge on any atom is 0.246 e. The van der Waals surface area contributed by atoms with Crippen LogP contribution in [0.4, 0.5) is 11.5 Å². The monoisotopic (exact) mass is 377 g/mol. The molecule has 0 atom stereocenters. The molecule has 0 spiro atoms. The number of aromatic nitrogens is 3. The van der Waals surface area contributed by atoms with E-state index in [-0.39, 0.29) is 19.1 Å². The van der Waals surface area contributed by atoms with Crippen LogP contribution in [-0.2, 0) is 11.2 Å². The molecule has 0 saturated heterocycles. The van der Waals surface area contributed by atoms with Crippen molar-refractivity contribution in [1.29, 1.82) is 0 Å². The van der Waals surface area contributed by atoms with Crippen molar-refractivity contribution >= 4 is 17.4 Å². The number of benzene rings is 1. The van der Waals surface area contributed by atoms with Crippen molar-refractivity contribution in [3.8, 4) is 11.4 Å². The maximum atomic E-state index is 12.6. The number of likely N-dealkylation sites (N-methyl/N-ethyl adjacent to an activating group) is 1. The summed E-state index contributed by atoms with van der Waals surface area (Å²) in [5.41, 5.74) is 3.23. The van der Waals surface area contributed by atoms with Gasteiger partial charge in [-0.25, -0.2) is 9.97 Å². The summed E-state index contributed by atoms with van der Waals surface area (Å²) in [7, 11) is 1.74. The minimum absolute atomic E-state index is 0.0225. The van der Waals surface area contributed by atoms with E-state index in [4.69, 9.17) is 0 Å². The molecule has 3 aromatic rings. The molecule has 7 nitrogen and oxygen atoms in total. The van der Waals surface area contributed by atoms with Gasteiger partial charge in [0.15, 0.2) is 5.82 Å². The van der Waals surface area contributed by atoms with Crippen LogP contribution < -0.4 is 10.2 Å². The molecule has 7 heteroatoms. The summed E-state index contributed by atoms with van der Waals surface area (Å²) in [6, 6.07) is 13.1. The van der Waals surface area contributed by atoms with Gasteiger partial charge in [-0.1, -0.05) is 18.2 Å². The van der Waals surface area contributed by atoms with Crippen molar-refractivity contribution < 1.29 is 9.90 Å². The number of amides is 1. The lowest BCUT2D eigenvalue weighted by Crippen LogP contribution is -2.32. The number of para-hydroxylation sites is 1. The van der Waals surface area contributed by atoms with Crippen molar-refractivity contribution in [1.82, 2.24) is 15.0 Å². The van der Waals surface area contributed by atoms with E-state index in [1.165, 1.54) is 0 Å². The molecule has 1 amide bonds. The number of carbonyl (C=O) groups excluding carboxylic acids is 1. The molecule has 2 aromatic heterocycles. The second-order valence-electron chi connectivity index (χ2n) is 6.31. The smallest absolute Gasteiger partial charge is 0.246 e. The topological polar surface area (TPSA) is 91.2 Å². The average molecular weight is 377 g/mol. The number of aliphatic hydroxyl groups is 1. The molecular formula is C21H23N5O2. The highest BCUT2D eigenvalue weighted by Gasteiger charge is 2.15. The molecule has 0 aliphatic rings. The quantitative estimate of drug-likeness (QED) is 0.657. The zero-order chi connectivity index (χ0) is 19.9. The number of pyridine rings is 1. The van der Waals surface area contributed by atoms with Gasteiger partial charge in [0.05, 0.1) is 6.54 Å². The van der Waals surface area contributed by atoms with Gasteiger partial charge in [-0.05, 0) is 31.2 Å². The summed E-state index contributed by atoms with van der Waals surface area (Å²) in [5, 5.41) is 12.5. The van der Waals surface area contributed by atoms with Gasteiger partial charge in [-0.2, -0.15) is 0 Å². The first-order valence-electron chi connectivity index (χ1n) is 9.04. The minimum Gasteiger partial charge on any atom is -0.396 e. The Bertz CT molecular complexity index is 932. The van der Waals surface area contributed by atoms with Gasteiger partial charge >= 0.3 is 0 Å². The van der Waals surface area contributed by atoms with E-state index in [2.05, 4.69) is 20.3 Å². The first kappa shape index (κ1) is 19.4. The Morgan fingerprint density at radius 1 is 1.11 bits per heavy atom. The van der Waals surface area contributed by atoms with Crippen LogP contribution >= 0.6 is 0 Å². The minimum atomic E-state index is -0.0946. The third kappa shape index (κ3) is 4.50. The Morgan fingerprint density at radius 3 is 2.50 bits per heavy atom. The van der Waals surface area contributed by atoms with E-state index in [0.717, 1.165) is 22.5 Å². The van der Waals surface area contributed by atoms with E-state index >= 15 is 0 Å². The van der Waals surface area contributed by atoms with Crippen molar-refractivity contribution in [3.05, 3.63) is 66.1 Å². The van der Waals surface area contributed by atoms with Crippen LogP contribution in [0.3, 0.4) is 0 Å². The van der Waals surface area contributed by atoms with Crippen LogP contribution in [0.25, 0.3) is 11.4 Å². The molecule has 0 aliphatic carbocycles. The number of aryl methyl sites for hydroxylation is 1. The first-order valence-corrected chi connectivity index (χ1v) is 9.04. The average Bonchev–Trinajstić information content (AvgIpc) is 2.74. The molecule has 1 aromatic carbocycles. The second kappa shape index (κ2) is 9.05. The SMILES string of the molecule is Cc1nc(-c2ccncc2)nc(NCC(=O)N(C)c2ccccc2)c1CCO. The lowest BCUT2D eigenvalue weighted by atomic mass is 10.1. The molecule has 0 bridgehead atoms. The standard InChI is InChI=1S/C21H23N5O2/c1-15-18(10-13-27)21(25-20(24-15)16-8-11-22-12-9-16)23-14-19(28)26(2)17-6-4-3-5-7-17/h3-9,11-12,27H,10,13-14H2,1-2H3,(H,23,24,25). The molecule has 0 unspecified atom stereocenters. The van der Waals surface area contributed by atoms with Gasteiger partial charge in [0, 0.05) is 55.0 Å². The fourth-order valence-electron chi connectivity index (χ4n) is 2.86. The molecule has 2 N–H and O–H groups in total. The number of rotatable bonds is 7. The fraction of sp³-hybridized carbons (Fsp3) is 0.238. The van der Waals surface area contributed by atoms with Crippen molar-refractivity contribution in [2.24, 2.45) is 0 Å². The third-order valence-corrected chi connectivity index (χ3v) is 4.44. The van der Waals surface area contributed by atoms with E-state index < -0.39 is 0 Å². The zero-order valence-corrected chi connectivity index (χ0v) is 16.0. The van der Waals surface area contributed by atoms with Crippen LogP contribution in [0.1, 0.15) is 11.3 Å². The molecule has 0 aliphatic heterocycles. The van der Waals surface area contributed by atoms with Gasteiger partial charge in [0.25, 0.3) is 0 Å². The van der Waals surface area contributed by atoms with Crippen LogP contribution in [0.15, 0.2) is 54.9 Å². The predicted octanol–water partition coefficient (Wildman–Crippen LogP) is 2.46. The summed E-state index contributed by atoms with van der Waals surface area (Å²) < 4.78 is 0. The number of nitrogens with zero attached hydrogens (tertiary/aromatic N) is 4. The number of aliphatic hydroxyl groups excluding tert-OH is 1. The van der Waals surface area contributed by atoms with Crippen molar-refractivity contribution in [2.75, 3.05) is 30.4 Å². The van der Waals surface area contributed by atoms with E-state index in [1.54, 1.807) is 24.3 Å². The molecular weight excluding hydrogens is 354 g/mol. The second-order valence-corrected chi connectivity index (χ2v) is 6.31. The Kier molecular flexibility index (Phi) is 6.29. The zero-order valence-electron chi connectivity index (χ0n) is 16.0. The number of nitrogens with one attached hydrogen (secondary N) is 1. The van der Waals surface area contributed by atoms with E-state index in [0.29, 0.717) is 18.1 Å². The summed E-state index contributed by atoms with van der Waals surface area (Å²) in [6.45, 7) is 1.93. The Hall–Kier alpha value is -3.32. The Labute approximate surface area is 164 Å². The first-order chi connectivity index (χ1) is 13.6. The molecule has 3 rings (SSSR count). The summed E-state index contributed by atoms with van der Waals surface area (Å²) in [4.78, 5) is 27.3. The van der Waals surface area contributed by atoms with Crippen LogP contribution in [0.2, 0.25) is 0 Å². The van der Waals surface area contributed by atoms with Gasteiger partial charge in [-0.15, -0.1) is 0 Å². The largest absolute Gasteiger partial charge is 0.396 e. The Balaban J connectivity index is 1.83. The van der Waals surface area contributed by atoms with Gasteiger partial charge in [0.2, 0.25) is 5.91 Å². The highest BCUT2D eigenvalue weighted by molar-refractivity contribution is 5.95. The molecule has 0 radical (unpaired) electrons. The third-order valence-electron chi connectivity index (χ3n) is 4.44.